The standard InChI is InChI=1S/C9H9NO2S/c1-6-2-3-8(11-6)9-4-7(5-13)10-12-9/h2-4,13H,5H2,1H3. The third-order valence-corrected chi connectivity index (χ3v) is 2.03. The van der Waals surface area contributed by atoms with E-state index in [9.17, 15) is 0 Å². The molecule has 0 aromatic carbocycles. The predicted molar refractivity (Wildman–Crippen MR) is 51.6 cm³/mol. The molecule has 0 atom stereocenters. The lowest BCUT2D eigenvalue weighted by molar-refractivity contribution is 0.411. The van der Waals surface area contributed by atoms with Crippen molar-refractivity contribution in [2.24, 2.45) is 0 Å². The van der Waals surface area contributed by atoms with Crippen LogP contribution in [0, 0.1) is 6.92 Å². The molecule has 68 valence electrons. The summed E-state index contributed by atoms with van der Waals surface area (Å²) in [7, 11) is 0. The van der Waals surface area contributed by atoms with Gasteiger partial charge in [-0.15, -0.1) is 0 Å². The van der Waals surface area contributed by atoms with Gasteiger partial charge in [-0.1, -0.05) is 5.16 Å². The van der Waals surface area contributed by atoms with E-state index < -0.39 is 0 Å². The van der Waals surface area contributed by atoms with Crippen molar-refractivity contribution < 1.29 is 8.94 Å². The van der Waals surface area contributed by atoms with Gasteiger partial charge in [-0.2, -0.15) is 12.6 Å². The zero-order chi connectivity index (χ0) is 9.26. The Kier molecular flexibility index (Phi) is 2.14. The van der Waals surface area contributed by atoms with Gasteiger partial charge in [0.1, 0.15) is 5.76 Å². The molecule has 3 nitrogen and oxygen atoms in total. The van der Waals surface area contributed by atoms with Crippen LogP contribution < -0.4 is 0 Å². The van der Waals surface area contributed by atoms with Gasteiger partial charge in [0.25, 0.3) is 0 Å². The van der Waals surface area contributed by atoms with Crippen molar-refractivity contribution in [3.63, 3.8) is 0 Å². The van der Waals surface area contributed by atoms with E-state index in [0.717, 1.165) is 11.5 Å². The molecule has 0 saturated carbocycles. The van der Waals surface area contributed by atoms with Crippen LogP contribution in [0.3, 0.4) is 0 Å². The number of rotatable bonds is 2. The quantitative estimate of drug-likeness (QED) is 0.749. The van der Waals surface area contributed by atoms with Crippen LogP contribution >= 0.6 is 12.6 Å². The van der Waals surface area contributed by atoms with Crippen LogP contribution in [0.4, 0.5) is 0 Å². The zero-order valence-corrected chi connectivity index (χ0v) is 8.04. The molecule has 0 aliphatic rings. The summed E-state index contributed by atoms with van der Waals surface area (Å²) in [5, 5.41) is 3.81. The minimum atomic E-state index is 0.573. The third-order valence-electron chi connectivity index (χ3n) is 1.70. The summed E-state index contributed by atoms with van der Waals surface area (Å²) in [6.07, 6.45) is 0. The van der Waals surface area contributed by atoms with Crippen LogP contribution in [-0.4, -0.2) is 5.16 Å². The minimum absolute atomic E-state index is 0.573. The molecule has 0 bridgehead atoms. The zero-order valence-electron chi connectivity index (χ0n) is 7.15. The molecule has 13 heavy (non-hydrogen) atoms. The highest BCUT2D eigenvalue weighted by Gasteiger charge is 2.08. The molecule has 0 spiro atoms. The maximum atomic E-state index is 5.37. The summed E-state index contributed by atoms with van der Waals surface area (Å²) in [6, 6.07) is 5.57. The van der Waals surface area contributed by atoms with E-state index in [1.807, 2.05) is 25.1 Å². The first kappa shape index (κ1) is 8.44. The van der Waals surface area contributed by atoms with E-state index in [2.05, 4.69) is 17.8 Å². The summed E-state index contributed by atoms with van der Waals surface area (Å²) in [5.74, 6) is 2.79. The van der Waals surface area contributed by atoms with Crippen molar-refractivity contribution in [3.05, 3.63) is 29.7 Å². The molecule has 0 aliphatic heterocycles. The van der Waals surface area contributed by atoms with E-state index in [0.29, 0.717) is 17.3 Å². The molecule has 0 radical (unpaired) electrons. The summed E-state index contributed by atoms with van der Waals surface area (Å²) in [4.78, 5) is 0. The van der Waals surface area contributed by atoms with Crippen molar-refractivity contribution in [3.8, 4) is 11.5 Å². The second-order valence-electron chi connectivity index (χ2n) is 2.75. The summed E-state index contributed by atoms with van der Waals surface area (Å²) in [6.45, 7) is 1.89. The van der Waals surface area contributed by atoms with Crippen LogP contribution in [0.15, 0.2) is 27.1 Å². The Morgan fingerprint density at radius 2 is 2.23 bits per heavy atom. The predicted octanol–water partition coefficient (Wildman–Crippen LogP) is 2.67. The van der Waals surface area contributed by atoms with Gasteiger partial charge >= 0.3 is 0 Å². The van der Waals surface area contributed by atoms with Gasteiger partial charge in [0.15, 0.2) is 5.76 Å². The average molecular weight is 195 g/mol. The van der Waals surface area contributed by atoms with Gasteiger partial charge in [0.05, 0.1) is 5.69 Å². The molecule has 0 aliphatic carbocycles. The largest absolute Gasteiger partial charge is 0.458 e. The van der Waals surface area contributed by atoms with E-state index >= 15 is 0 Å². The van der Waals surface area contributed by atoms with Gasteiger partial charge in [-0.05, 0) is 19.1 Å². The Morgan fingerprint density at radius 3 is 2.77 bits per heavy atom. The number of hydrogen-bond donors (Lipinski definition) is 1. The minimum Gasteiger partial charge on any atom is -0.458 e. The molecular formula is C9H9NO2S. The summed E-state index contributed by atoms with van der Waals surface area (Å²) >= 11 is 4.09. The first-order chi connectivity index (χ1) is 6.29. The molecule has 0 unspecified atom stereocenters. The lowest BCUT2D eigenvalue weighted by atomic mass is 10.3. The SMILES string of the molecule is Cc1ccc(-c2cc(CS)no2)o1. The molecule has 2 aromatic rings. The number of aromatic nitrogens is 1. The lowest BCUT2D eigenvalue weighted by Gasteiger charge is -1.85. The van der Waals surface area contributed by atoms with Gasteiger partial charge < -0.3 is 8.94 Å². The smallest absolute Gasteiger partial charge is 0.202 e. The van der Waals surface area contributed by atoms with Crippen molar-refractivity contribution in [2.45, 2.75) is 12.7 Å². The number of hydrogen-bond acceptors (Lipinski definition) is 4. The lowest BCUT2D eigenvalue weighted by Crippen LogP contribution is -1.71. The second kappa shape index (κ2) is 3.30. The van der Waals surface area contributed by atoms with E-state index in [4.69, 9.17) is 8.94 Å². The average Bonchev–Trinajstić information content (AvgIpc) is 2.71. The van der Waals surface area contributed by atoms with E-state index in [1.54, 1.807) is 0 Å². The summed E-state index contributed by atoms with van der Waals surface area (Å²) in [5.41, 5.74) is 0.812. The molecule has 2 aromatic heterocycles. The molecule has 0 saturated heterocycles. The van der Waals surface area contributed by atoms with Crippen molar-refractivity contribution in [1.82, 2.24) is 5.16 Å². The Balaban J connectivity index is 2.35. The van der Waals surface area contributed by atoms with Crippen molar-refractivity contribution in [1.29, 1.82) is 0 Å². The van der Waals surface area contributed by atoms with Gasteiger partial charge in [0, 0.05) is 11.8 Å². The fourth-order valence-electron chi connectivity index (χ4n) is 1.07. The topological polar surface area (TPSA) is 39.2 Å². The molecule has 0 N–H and O–H groups in total. The van der Waals surface area contributed by atoms with Crippen LogP contribution in [0.1, 0.15) is 11.5 Å². The fourth-order valence-corrected chi connectivity index (χ4v) is 1.22. The van der Waals surface area contributed by atoms with Crippen LogP contribution in [0.5, 0.6) is 0 Å². The Morgan fingerprint density at radius 1 is 1.38 bits per heavy atom. The fraction of sp³-hybridized carbons (Fsp3) is 0.222. The molecular weight excluding hydrogens is 186 g/mol. The summed E-state index contributed by atoms with van der Waals surface area (Å²) < 4.78 is 10.4. The Labute approximate surface area is 81.1 Å². The first-order valence-corrected chi connectivity index (χ1v) is 4.56. The normalized spacial score (nSPS) is 10.6. The number of nitrogens with zero attached hydrogens (tertiary/aromatic N) is 1. The van der Waals surface area contributed by atoms with Gasteiger partial charge in [-0.25, -0.2) is 0 Å². The van der Waals surface area contributed by atoms with Crippen LogP contribution in [0.2, 0.25) is 0 Å². The number of thiol groups is 1. The van der Waals surface area contributed by atoms with E-state index in [-0.39, 0.29) is 0 Å². The number of aryl methyl sites for hydroxylation is 1. The Bertz CT molecular complexity index is 405. The van der Waals surface area contributed by atoms with Crippen molar-refractivity contribution >= 4 is 12.6 Å². The molecule has 0 amide bonds. The van der Waals surface area contributed by atoms with E-state index in [1.165, 1.54) is 0 Å². The monoisotopic (exact) mass is 195 g/mol. The second-order valence-corrected chi connectivity index (χ2v) is 3.07. The number of furan rings is 1. The van der Waals surface area contributed by atoms with Crippen molar-refractivity contribution in [2.75, 3.05) is 0 Å². The van der Waals surface area contributed by atoms with Crippen LogP contribution in [0.25, 0.3) is 11.5 Å². The highest BCUT2D eigenvalue weighted by Crippen LogP contribution is 2.22. The third kappa shape index (κ3) is 1.62. The molecule has 2 rings (SSSR count). The highest BCUT2D eigenvalue weighted by molar-refractivity contribution is 7.79. The van der Waals surface area contributed by atoms with Gasteiger partial charge in [-0.3, -0.25) is 0 Å². The molecule has 0 fully saturated rings. The maximum Gasteiger partial charge on any atom is 0.202 e. The maximum absolute atomic E-state index is 5.37. The molecule has 4 heteroatoms. The highest BCUT2D eigenvalue weighted by atomic mass is 32.1. The molecule has 2 heterocycles. The Hall–Kier alpha value is -1.16. The van der Waals surface area contributed by atoms with Crippen LogP contribution in [-0.2, 0) is 5.75 Å². The first-order valence-electron chi connectivity index (χ1n) is 3.93. The van der Waals surface area contributed by atoms with Gasteiger partial charge in [0.2, 0.25) is 5.76 Å².